The highest BCUT2D eigenvalue weighted by atomic mass is 16.7. The molecule has 0 N–H and O–H groups in total. The van der Waals surface area contributed by atoms with E-state index in [2.05, 4.69) is 13.2 Å². The zero-order chi connectivity index (χ0) is 8.86. The standard InChI is InChI=1S/C10H15O2/c1-3-5-10(6-4-2)7-11-9-12-8-10/h3-4,9H,1-2,5-8H2. The molecule has 0 spiro atoms. The van der Waals surface area contributed by atoms with Crippen LogP contribution in [-0.2, 0) is 9.47 Å². The normalized spacial score (nSPS) is 21.7. The van der Waals surface area contributed by atoms with E-state index in [1.54, 1.807) is 0 Å². The SMILES string of the molecule is C=CCC1(CC=C)CO[CH]OC1. The molecule has 2 heteroatoms. The molecule has 0 aromatic rings. The number of ether oxygens (including phenoxy) is 2. The van der Waals surface area contributed by atoms with Gasteiger partial charge in [0, 0.05) is 5.41 Å². The van der Waals surface area contributed by atoms with Crippen molar-refractivity contribution in [1.82, 2.24) is 0 Å². The Labute approximate surface area is 73.9 Å². The third-order valence-corrected chi connectivity index (χ3v) is 2.07. The molecule has 0 unspecified atom stereocenters. The molecule has 1 aliphatic heterocycles. The van der Waals surface area contributed by atoms with E-state index >= 15 is 0 Å². The van der Waals surface area contributed by atoms with Gasteiger partial charge in [0.05, 0.1) is 13.2 Å². The molecule has 0 amide bonds. The monoisotopic (exact) mass is 167 g/mol. The van der Waals surface area contributed by atoms with Crippen LogP contribution in [0.4, 0.5) is 0 Å². The topological polar surface area (TPSA) is 18.5 Å². The zero-order valence-electron chi connectivity index (χ0n) is 7.29. The van der Waals surface area contributed by atoms with Crippen LogP contribution >= 0.6 is 0 Å². The molecule has 1 fully saturated rings. The Kier molecular flexibility index (Phi) is 3.50. The van der Waals surface area contributed by atoms with Gasteiger partial charge in [0.15, 0.2) is 0 Å². The average molecular weight is 167 g/mol. The Morgan fingerprint density at radius 3 is 2.08 bits per heavy atom. The first-order valence-electron chi connectivity index (χ1n) is 4.10. The summed E-state index contributed by atoms with van der Waals surface area (Å²) in [4.78, 5) is 0. The summed E-state index contributed by atoms with van der Waals surface area (Å²) >= 11 is 0. The van der Waals surface area contributed by atoms with Crippen LogP contribution in [0.15, 0.2) is 25.3 Å². The van der Waals surface area contributed by atoms with Gasteiger partial charge in [-0.05, 0) is 12.8 Å². The van der Waals surface area contributed by atoms with Gasteiger partial charge in [-0.25, -0.2) is 0 Å². The van der Waals surface area contributed by atoms with Gasteiger partial charge in [-0.15, -0.1) is 13.2 Å². The van der Waals surface area contributed by atoms with Crippen molar-refractivity contribution >= 4 is 0 Å². The summed E-state index contributed by atoms with van der Waals surface area (Å²) in [6, 6.07) is 0. The van der Waals surface area contributed by atoms with Crippen molar-refractivity contribution in [2.45, 2.75) is 12.8 Å². The minimum atomic E-state index is 0.0677. The lowest BCUT2D eigenvalue weighted by atomic mass is 9.82. The maximum atomic E-state index is 5.15. The fourth-order valence-corrected chi connectivity index (χ4v) is 1.44. The van der Waals surface area contributed by atoms with Crippen molar-refractivity contribution in [3.8, 4) is 0 Å². The van der Waals surface area contributed by atoms with Crippen LogP contribution in [-0.4, -0.2) is 13.2 Å². The Morgan fingerprint density at radius 2 is 1.67 bits per heavy atom. The first-order valence-corrected chi connectivity index (χ1v) is 4.10. The van der Waals surface area contributed by atoms with E-state index in [9.17, 15) is 0 Å². The summed E-state index contributed by atoms with van der Waals surface area (Å²) in [7, 11) is 0. The van der Waals surface area contributed by atoms with Crippen molar-refractivity contribution in [3.05, 3.63) is 32.1 Å². The van der Waals surface area contributed by atoms with Gasteiger partial charge in [-0.3, -0.25) is 0 Å². The van der Waals surface area contributed by atoms with Crippen molar-refractivity contribution in [3.63, 3.8) is 0 Å². The van der Waals surface area contributed by atoms with Crippen LogP contribution < -0.4 is 0 Å². The summed E-state index contributed by atoms with van der Waals surface area (Å²) < 4.78 is 10.3. The number of allylic oxidation sites excluding steroid dienone is 2. The average Bonchev–Trinajstić information content (AvgIpc) is 2.07. The van der Waals surface area contributed by atoms with Gasteiger partial charge in [-0.1, -0.05) is 12.2 Å². The molecule has 1 heterocycles. The minimum Gasteiger partial charge on any atom is -0.347 e. The van der Waals surface area contributed by atoms with Gasteiger partial charge in [-0.2, -0.15) is 0 Å². The largest absolute Gasteiger partial charge is 0.347 e. The smallest absolute Gasteiger partial charge is 0.209 e. The summed E-state index contributed by atoms with van der Waals surface area (Å²) in [5.41, 5.74) is 0.0677. The van der Waals surface area contributed by atoms with Gasteiger partial charge in [0.1, 0.15) is 0 Å². The maximum Gasteiger partial charge on any atom is 0.209 e. The van der Waals surface area contributed by atoms with Gasteiger partial charge in [0.25, 0.3) is 0 Å². The summed E-state index contributed by atoms with van der Waals surface area (Å²) in [5, 5.41) is 0. The summed E-state index contributed by atoms with van der Waals surface area (Å²) in [6.45, 7) is 10.3. The van der Waals surface area contributed by atoms with Crippen molar-refractivity contribution in [2.24, 2.45) is 5.41 Å². The third-order valence-electron chi connectivity index (χ3n) is 2.07. The highest BCUT2D eigenvalue weighted by Gasteiger charge is 2.31. The zero-order valence-corrected chi connectivity index (χ0v) is 7.29. The molecule has 0 aromatic heterocycles. The lowest BCUT2D eigenvalue weighted by molar-refractivity contribution is -0.108. The van der Waals surface area contributed by atoms with Crippen molar-refractivity contribution in [1.29, 1.82) is 0 Å². The van der Waals surface area contributed by atoms with Crippen LogP contribution in [0.2, 0.25) is 0 Å². The Balaban J connectivity index is 2.55. The fourth-order valence-electron chi connectivity index (χ4n) is 1.44. The summed E-state index contributed by atoms with van der Waals surface area (Å²) in [5.74, 6) is 0. The van der Waals surface area contributed by atoms with Crippen LogP contribution in [0.1, 0.15) is 12.8 Å². The predicted molar refractivity (Wildman–Crippen MR) is 48.3 cm³/mol. The molecule has 0 aliphatic carbocycles. The summed E-state index contributed by atoms with van der Waals surface area (Å²) in [6.07, 6.45) is 5.63. The van der Waals surface area contributed by atoms with E-state index in [0.29, 0.717) is 13.2 Å². The first-order chi connectivity index (χ1) is 5.83. The van der Waals surface area contributed by atoms with E-state index in [1.807, 2.05) is 12.2 Å². The maximum absolute atomic E-state index is 5.15. The van der Waals surface area contributed by atoms with Crippen LogP contribution in [0.5, 0.6) is 0 Å². The van der Waals surface area contributed by atoms with E-state index in [-0.39, 0.29) is 5.41 Å². The van der Waals surface area contributed by atoms with E-state index in [1.165, 1.54) is 6.79 Å². The highest BCUT2D eigenvalue weighted by Crippen LogP contribution is 2.31. The molecule has 1 saturated heterocycles. The molecule has 1 aliphatic rings. The van der Waals surface area contributed by atoms with Crippen molar-refractivity contribution < 1.29 is 9.47 Å². The third kappa shape index (κ3) is 2.19. The van der Waals surface area contributed by atoms with Gasteiger partial charge >= 0.3 is 0 Å². The molecule has 0 aromatic carbocycles. The number of rotatable bonds is 4. The molecule has 1 radical (unpaired) electrons. The van der Waals surface area contributed by atoms with E-state index in [4.69, 9.17) is 9.47 Å². The Morgan fingerprint density at radius 1 is 1.17 bits per heavy atom. The van der Waals surface area contributed by atoms with Crippen LogP contribution in [0, 0.1) is 12.2 Å². The second-order valence-corrected chi connectivity index (χ2v) is 3.20. The second kappa shape index (κ2) is 4.43. The fraction of sp³-hybridized carbons (Fsp3) is 0.500. The van der Waals surface area contributed by atoms with E-state index in [0.717, 1.165) is 12.8 Å². The van der Waals surface area contributed by atoms with Crippen LogP contribution in [0.25, 0.3) is 0 Å². The van der Waals surface area contributed by atoms with Crippen molar-refractivity contribution in [2.75, 3.05) is 13.2 Å². The molecular weight excluding hydrogens is 152 g/mol. The highest BCUT2D eigenvalue weighted by molar-refractivity contribution is 4.93. The molecule has 0 atom stereocenters. The molecule has 0 bridgehead atoms. The lowest BCUT2D eigenvalue weighted by Crippen LogP contribution is -2.35. The molecule has 67 valence electrons. The van der Waals surface area contributed by atoms with Gasteiger partial charge in [0.2, 0.25) is 6.79 Å². The quantitative estimate of drug-likeness (QED) is 0.598. The molecule has 0 saturated carbocycles. The molecule has 2 nitrogen and oxygen atoms in total. The Hall–Kier alpha value is -0.600. The van der Waals surface area contributed by atoms with E-state index < -0.39 is 0 Å². The molecular formula is C10H15O2. The molecule has 12 heavy (non-hydrogen) atoms. The number of hydrogen-bond donors (Lipinski definition) is 0. The predicted octanol–water partition coefficient (Wildman–Crippen LogP) is 2.29. The lowest BCUT2D eigenvalue weighted by Gasteiger charge is -2.34. The number of hydrogen-bond acceptors (Lipinski definition) is 2. The first kappa shape index (κ1) is 9.49. The Bertz CT molecular complexity index is 145. The van der Waals surface area contributed by atoms with Crippen LogP contribution in [0.3, 0.4) is 0 Å². The minimum absolute atomic E-state index is 0.0677. The van der Waals surface area contributed by atoms with Gasteiger partial charge < -0.3 is 9.47 Å². The second-order valence-electron chi connectivity index (χ2n) is 3.20. The molecule has 1 rings (SSSR count).